The van der Waals surface area contributed by atoms with Crippen LogP contribution in [-0.4, -0.2) is 31.0 Å². The Kier molecular flexibility index (Phi) is 9.52. The molecule has 1 amide bonds. The average molecular weight is 334 g/mol. The van der Waals surface area contributed by atoms with Crippen molar-refractivity contribution in [1.29, 1.82) is 0 Å². The molecule has 0 spiro atoms. The molecule has 1 fully saturated rings. The summed E-state index contributed by atoms with van der Waals surface area (Å²) in [6.45, 7) is 4.21. The summed E-state index contributed by atoms with van der Waals surface area (Å²) in [7, 11) is 0. The van der Waals surface area contributed by atoms with Crippen LogP contribution in [0.4, 0.5) is 0 Å². The minimum atomic E-state index is 0.233. The number of nitrogens with one attached hydrogen (secondary N) is 1. The van der Waals surface area contributed by atoms with E-state index in [0.29, 0.717) is 19.8 Å². The number of hydrogen-bond donors (Lipinski definition) is 1. The molecule has 0 saturated heterocycles. The van der Waals surface area contributed by atoms with E-state index in [-0.39, 0.29) is 11.8 Å². The number of halogens is 1. The topological polar surface area (TPSA) is 38.3 Å². The van der Waals surface area contributed by atoms with Gasteiger partial charge in [-0.2, -0.15) is 0 Å². The number of ether oxygens (including phenoxy) is 1. The second-order valence-electron chi connectivity index (χ2n) is 5.45. The number of amides is 1. The number of carbonyl (C=O) groups excluding carboxylic acids is 1. The highest BCUT2D eigenvalue weighted by Gasteiger charge is 2.25. The first-order valence-corrected chi connectivity index (χ1v) is 8.81. The molecule has 0 aromatic heterocycles. The van der Waals surface area contributed by atoms with Gasteiger partial charge in [-0.05, 0) is 31.6 Å². The summed E-state index contributed by atoms with van der Waals surface area (Å²) in [6.07, 6.45) is 8.59. The number of unbranched alkanes of at least 4 members (excludes halogenated alkanes) is 1. The van der Waals surface area contributed by atoms with Gasteiger partial charge < -0.3 is 10.1 Å². The smallest absolute Gasteiger partial charge is 0.223 e. The Labute approximate surface area is 126 Å². The Morgan fingerprint density at radius 2 is 2.00 bits per heavy atom. The first kappa shape index (κ1) is 17.0. The third kappa shape index (κ3) is 7.31. The first-order valence-electron chi connectivity index (χ1n) is 7.69. The lowest BCUT2D eigenvalue weighted by Crippen LogP contribution is -2.35. The van der Waals surface area contributed by atoms with Crippen LogP contribution in [0.3, 0.4) is 0 Å². The third-order valence-corrected chi connectivity index (χ3v) is 4.27. The van der Waals surface area contributed by atoms with Crippen LogP contribution in [0.5, 0.6) is 0 Å². The van der Waals surface area contributed by atoms with Gasteiger partial charge in [-0.25, -0.2) is 0 Å². The molecule has 0 aliphatic heterocycles. The maximum atomic E-state index is 12.0. The molecule has 0 bridgehead atoms. The number of hydrogen-bond acceptors (Lipinski definition) is 2. The van der Waals surface area contributed by atoms with Crippen LogP contribution in [0.15, 0.2) is 0 Å². The molecule has 3 nitrogen and oxygen atoms in total. The Balaban J connectivity index is 2.07. The zero-order valence-corrected chi connectivity index (χ0v) is 13.7. The van der Waals surface area contributed by atoms with E-state index in [1.807, 2.05) is 0 Å². The molecule has 0 aromatic rings. The van der Waals surface area contributed by atoms with E-state index in [2.05, 4.69) is 28.2 Å². The second-order valence-corrected chi connectivity index (χ2v) is 6.25. The highest BCUT2D eigenvalue weighted by Crippen LogP contribution is 2.31. The van der Waals surface area contributed by atoms with Gasteiger partial charge in [0.15, 0.2) is 0 Å². The van der Waals surface area contributed by atoms with Crippen molar-refractivity contribution in [2.75, 3.05) is 25.1 Å². The van der Waals surface area contributed by atoms with E-state index >= 15 is 0 Å². The van der Waals surface area contributed by atoms with E-state index in [1.165, 1.54) is 32.1 Å². The van der Waals surface area contributed by atoms with E-state index in [9.17, 15) is 4.79 Å². The molecule has 0 atom stereocenters. The second kappa shape index (κ2) is 10.7. The van der Waals surface area contributed by atoms with Gasteiger partial charge in [0, 0.05) is 17.8 Å². The maximum Gasteiger partial charge on any atom is 0.223 e. The summed E-state index contributed by atoms with van der Waals surface area (Å²) in [5.74, 6) is 1.34. The SMILES string of the molecule is CCCCC1CCC(C(=O)NCCOCCBr)CC1. The highest BCUT2D eigenvalue weighted by molar-refractivity contribution is 9.09. The minimum Gasteiger partial charge on any atom is -0.379 e. The van der Waals surface area contributed by atoms with Gasteiger partial charge in [-0.3, -0.25) is 4.79 Å². The Bertz CT molecular complexity index is 240. The fourth-order valence-electron chi connectivity index (χ4n) is 2.75. The van der Waals surface area contributed by atoms with Crippen LogP contribution in [0, 0.1) is 11.8 Å². The third-order valence-electron chi connectivity index (χ3n) is 3.95. The van der Waals surface area contributed by atoms with Gasteiger partial charge in [-0.15, -0.1) is 0 Å². The molecule has 1 rings (SSSR count). The lowest BCUT2D eigenvalue weighted by molar-refractivity contribution is -0.126. The lowest BCUT2D eigenvalue weighted by atomic mass is 9.79. The molecule has 0 unspecified atom stereocenters. The van der Waals surface area contributed by atoms with Crippen molar-refractivity contribution in [3.05, 3.63) is 0 Å². The van der Waals surface area contributed by atoms with E-state index < -0.39 is 0 Å². The molecule has 19 heavy (non-hydrogen) atoms. The summed E-state index contributed by atoms with van der Waals surface area (Å²) >= 11 is 3.30. The van der Waals surface area contributed by atoms with Crippen LogP contribution in [0.1, 0.15) is 51.9 Å². The predicted molar refractivity (Wildman–Crippen MR) is 82.6 cm³/mol. The first-order chi connectivity index (χ1) is 9.27. The van der Waals surface area contributed by atoms with Crippen molar-refractivity contribution in [3.8, 4) is 0 Å². The molecule has 0 radical (unpaired) electrons. The Hall–Kier alpha value is -0.0900. The standard InChI is InChI=1S/C15H28BrNO2/c1-2-3-4-13-5-7-14(8-6-13)15(18)17-10-12-19-11-9-16/h13-14H,2-12H2,1H3,(H,17,18). The normalized spacial score (nSPS) is 23.3. The summed E-state index contributed by atoms with van der Waals surface area (Å²) in [4.78, 5) is 12.0. The molecular weight excluding hydrogens is 306 g/mol. The zero-order chi connectivity index (χ0) is 13.9. The van der Waals surface area contributed by atoms with Gasteiger partial charge in [0.05, 0.1) is 13.2 Å². The zero-order valence-electron chi connectivity index (χ0n) is 12.1. The number of rotatable bonds is 9. The summed E-state index contributed by atoms with van der Waals surface area (Å²) in [5.41, 5.74) is 0. The fourth-order valence-corrected chi connectivity index (χ4v) is 2.98. The molecular formula is C15H28BrNO2. The summed E-state index contributed by atoms with van der Waals surface area (Å²) in [5, 5.41) is 3.84. The van der Waals surface area contributed by atoms with Crippen molar-refractivity contribution in [2.24, 2.45) is 11.8 Å². The lowest BCUT2D eigenvalue weighted by Gasteiger charge is -2.27. The number of alkyl halides is 1. The molecule has 1 aliphatic rings. The minimum absolute atomic E-state index is 0.233. The van der Waals surface area contributed by atoms with Gasteiger partial charge in [0.2, 0.25) is 5.91 Å². The van der Waals surface area contributed by atoms with Gasteiger partial charge >= 0.3 is 0 Å². The van der Waals surface area contributed by atoms with Crippen molar-refractivity contribution < 1.29 is 9.53 Å². The van der Waals surface area contributed by atoms with Crippen LogP contribution >= 0.6 is 15.9 Å². The fraction of sp³-hybridized carbons (Fsp3) is 0.933. The van der Waals surface area contributed by atoms with E-state index in [4.69, 9.17) is 4.74 Å². The molecule has 112 valence electrons. The summed E-state index contributed by atoms with van der Waals surface area (Å²) in [6, 6.07) is 0. The van der Waals surface area contributed by atoms with Crippen LogP contribution < -0.4 is 5.32 Å². The maximum absolute atomic E-state index is 12.0. The van der Waals surface area contributed by atoms with Crippen LogP contribution in [0.2, 0.25) is 0 Å². The quantitative estimate of drug-likeness (QED) is 0.518. The molecule has 1 aliphatic carbocycles. The molecule has 1 N–H and O–H groups in total. The van der Waals surface area contributed by atoms with Gasteiger partial charge in [0.1, 0.15) is 0 Å². The average Bonchev–Trinajstić information content (AvgIpc) is 2.45. The number of carbonyl (C=O) groups is 1. The van der Waals surface area contributed by atoms with Crippen molar-refractivity contribution in [3.63, 3.8) is 0 Å². The van der Waals surface area contributed by atoms with Crippen LogP contribution in [0.25, 0.3) is 0 Å². The molecule has 0 heterocycles. The molecule has 4 heteroatoms. The van der Waals surface area contributed by atoms with Crippen molar-refractivity contribution >= 4 is 21.8 Å². The monoisotopic (exact) mass is 333 g/mol. The van der Waals surface area contributed by atoms with Gasteiger partial charge in [-0.1, -0.05) is 42.1 Å². The largest absolute Gasteiger partial charge is 0.379 e. The Morgan fingerprint density at radius 3 is 2.63 bits per heavy atom. The van der Waals surface area contributed by atoms with E-state index in [1.54, 1.807) is 0 Å². The van der Waals surface area contributed by atoms with E-state index in [0.717, 1.165) is 24.1 Å². The van der Waals surface area contributed by atoms with Gasteiger partial charge in [0.25, 0.3) is 0 Å². The van der Waals surface area contributed by atoms with Crippen molar-refractivity contribution in [1.82, 2.24) is 5.32 Å². The predicted octanol–water partition coefficient (Wildman–Crippen LogP) is 3.51. The highest BCUT2D eigenvalue weighted by atomic mass is 79.9. The van der Waals surface area contributed by atoms with Crippen molar-refractivity contribution in [2.45, 2.75) is 51.9 Å². The molecule has 1 saturated carbocycles. The van der Waals surface area contributed by atoms with Crippen LogP contribution in [-0.2, 0) is 9.53 Å². The summed E-state index contributed by atoms with van der Waals surface area (Å²) < 4.78 is 5.32. The Morgan fingerprint density at radius 1 is 1.26 bits per heavy atom. The molecule has 0 aromatic carbocycles.